The van der Waals surface area contributed by atoms with E-state index in [-0.39, 0.29) is 86.0 Å². The summed E-state index contributed by atoms with van der Waals surface area (Å²) in [6, 6.07) is 0. The molecule has 0 amide bonds. The van der Waals surface area contributed by atoms with Gasteiger partial charge in [-0.15, -0.1) is 0 Å². The van der Waals surface area contributed by atoms with Crippen LogP contribution in [-0.4, -0.2) is 79.6 Å². The third-order valence-electron chi connectivity index (χ3n) is 0. The molecule has 0 aliphatic carbocycles. The van der Waals surface area contributed by atoms with E-state index >= 15 is 0 Å². The number of rotatable bonds is 0. The van der Waals surface area contributed by atoms with Gasteiger partial charge >= 0.3 is 70.0 Å². The molecule has 7 heavy (non-hydrogen) atoms. The van der Waals surface area contributed by atoms with Gasteiger partial charge in [0.15, 0.2) is 0 Å². The van der Waals surface area contributed by atoms with Gasteiger partial charge in [-0.1, -0.05) is 0 Å². The topological polar surface area (TPSA) is 57.5 Å². The first-order valence-corrected chi connectivity index (χ1v) is 1.95. The molecule has 0 bridgehead atoms. The second-order valence-electron chi connectivity index (χ2n) is 0.283. The molecule has 0 unspecified atom stereocenters. The van der Waals surface area contributed by atoms with E-state index < -0.39 is 9.17 Å². The molecule has 0 aliphatic rings. The minimum Gasteiger partial charge on any atom is -1.00 e. The van der Waals surface area contributed by atoms with Crippen molar-refractivity contribution >= 4 is 70.0 Å². The van der Waals surface area contributed by atoms with Crippen molar-refractivity contribution in [1.82, 2.24) is 0 Å². The van der Waals surface area contributed by atoms with Gasteiger partial charge in [0.05, 0.1) is 0 Å². The summed E-state index contributed by atoms with van der Waals surface area (Å²) in [6.07, 6.45) is 0. The molecule has 0 aromatic heterocycles. The van der Waals surface area contributed by atoms with E-state index in [1.807, 2.05) is 0 Å². The molecule has 0 fully saturated rings. The Bertz CT molecular complexity index is 48.3. The molecule has 0 heterocycles. The summed E-state index contributed by atoms with van der Waals surface area (Å²) in [5.74, 6) is 0. The Balaban J connectivity index is -0.00000000214. The van der Waals surface area contributed by atoms with Crippen LogP contribution >= 0.6 is 0 Å². The molecule has 3 nitrogen and oxygen atoms in total. The third-order valence-corrected chi connectivity index (χ3v) is 0. The quantitative estimate of drug-likeness (QED) is 0.460. The van der Waals surface area contributed by atoms with Gasteiger partial charge in [0.1, 0.15) is 0 Å². The monoisotopic (exact) mass is 210 g/mol. The maximum absolute atomic E-state index is 8.74. The molecule has 0 aliphatic heterocycles. The van der Waals surface area contributed by atoms with E-state index in [2.05, 4.69) is 0 Å². The van der Waals surface area contributed by atoms with Crippen LogP contribution in [0.3, 0.4) is 0 Å². The van der Waals surface area contributed by atoms with Crippen LogP contribution in [0.2, 0.25) is 0 Å². The van der Waals surface area contributed by atoms with E-state index in [9.17, 15) is 0 Å². The minimum atomic E-state index is -3.13. The van der Waals surface area contributed by atoms with Crippen molar-refractivity contribution in [1.29, 1.82) is 0 Å². The summed E-state index contributed by atoms with van der Waals surface area (Å²) < 4.78 is 8.74. The van der Waals surface area contributed by atoms with Crippen LogP contribution in [0.15, 0.2) is 0 Å². The van der Waals surface area contributed by atoms with Crippen LogP contribution < -0.4 is 0 Å². The first kappa shape index (κ1) is 22.8. The molecule has 0 radical (unpaired) electrons. The van der Waals surface area contributed by atoms with Crippen molar-refractivity contribution in [3.63, 3.8) is 0 Å². The van der Waals surface area contributed by atoms with Gasteiger partial charge in [0, 0.05) is 19.5 Å². The van der Waals surface area contributed by atoms with Gasteiger partial charge in [-0.25, -0.2) is 0 Å². The Hall–Kier alpha value is 2.27. The van der Waals surface area contributed by atoms with Gasteiger partial charge in [-0.3, -0.25) is 4.46 Å². The van der Waals surface area contributed by atoms with Crippen molar-refractivity contribution in [3.8, 4) is 0 Å². The smallest absolute Gasteiger partial charge is 1.00 e. The summed E-state index contributed by atoms with van der Waals surface area (Å²) >= 11 is 0. The van der Waals surface area contributed by atoms with Crippen LogP contribution in [0.25, 0.3) is 0 Å². The summed E-state index contributed by atoms with van der Waals surface area (Å²) in [5, 5.41) is 0. The Morgan fingerprint density at radius 1 is 1.43 bits per heavy atom. The van der Waals surface area contributed by atoms with Gasteiger partial charge in [-0.2, -0.15) is 0 Å². The van der Waals surface area contributed by atoms with Crippen LogP contribution in [0, 0.1) is 0 Å². The van der Waals surface area contributed by atoms with Crippen LogP contribution in [0.1, 0.15) is 5.71 Å². The van der Waals surface area contributed by atoms with Crippen molar-refractivity contribution in [2.75, 3.05) is 0 Å². The van der Waals surface area contributed by atoms with Crippen molar-refractivity contribution in [2.45, 2.75) is 0 Å². The summed E-state index contributed by atoms with van der Waals surface area (Å²) in [5.41, 5.74) is 0. The first-order valence-electron chi connectivity index (χ1n) is 0.651. The molecule has 0 aromatic carbocycles. The molecule has 7 heteroatoms. The zero-order chi connectivity index (χ0) is 3.58. The van der Waals surface area contributed by atoms with Crippen molar-refractivity contribution in [2.24, 2.45) is 0 Å². The zero-order valence-electron chi connectivity index (χ0n) is 7.92. The first-order chi connectivity index (χ1) is 1.73. The fourth-order valence-corrected chi connectivity index (χ4v) is 0. The second kappa shape index (κ2) is 15.7. The molecule has 0 rings (SSSR count). The number of hydrogen-bond donors (Lipinski definition) is 2. The average Bonchev–Trinajstić information content (AvgIpc) is 0.811. The summed E-state index contributed by atoms with van der Waals surface area (Å²) in [7, 11) is -3.13. The van der Waals surface area contributed by atoms with Crippen LogP contribution in [-0.2, 0) is 23.9 Å². The zero-order valence-corrected chi connectivity index (χ0v) is 11.5. The standard InChI is InChI=1S/Ca.Mg.H2O3Si.Zn.4H/c;;1-4(2)3;;;;;/h;;1-2H;;;;;/q2*+2;;;4*-1. The molecule has 0 atom stereocenters. The van der Waals surface area contributed by atoms with Crippen molar-refractivity contribution in [3.05, 3.63) is 0 Å². The van der Waals surface area contributed by atoms with Gasteiger partial charge in [0.2, 0.25) is 0 Å². The van der Waals surface area contributed by atoms with Gasteiger partial charge < -0.3 is 15.3 Å². The summed E-state index contributed by atoms with van der Waals surface area (Å²) in [4.78, 5) is 14.3. The normalized spacial score (nSPS) is 3.43. The summed E-state index contributed by atoms with van der Waals surface area (Å²) in [6.45, 7) is 0. The Kier molecular flexibility index (Phi) is 51.3. The molecule has 2 N–H and O–H groups in total. The average molecular weight is 212 g/mol. The van der Waals surface area contributed by atoms with Gasteiger partial charge in [0.25, 0.3) is 0 Å². The van der Waals surface area contributed by atoms with Crippen molar-refractivity contribution < 1.29 is 39.2 Å². The second-order valence-corrected chi connectivity index (χ2v) is 0.848. The van der Waals surface area contributed by atoms with Crippen LogP contribution in [0.5, 0.6) is 0 Å². The largest absolute Gasteiger partial charge is 2.00 e. The molecule has 0 saturated heterocycles. The Labute approximate surface area is 108 Å². The maximum atomic E-state index is 8.74. The molecule has 0 aromatic rings. The fourth-order valence-electron chi connectivity index (χ4n) is 0. The van der Waals surface area contributed by atoms with E-state index in [4.69, 9.17) is 14.1 Å². The van der Waals surface area contributed by atoms with E-state index in [1.54, 1.807) is 0 Å². The van der Waals surface area contributed by atoms with E-state index in [1.165, 1.54) is 0 Å². The van der Waals surface area contributed by atoms with Gasteiger partial charge in [-0.05, 0) is 0 Å². The molecular weight excluding hydrogens is 206 g/mol. The third kappa shape index (κ3) is 63.2. The fraction of sp³-hybridized carbons (Fsp3) is 0. The maximum Gasteiger partial charge on any atom is 2.00 e. The van der Waals surface area contributed by atoms with E-state index in [0.717, 1.165) is 0 Å². The predicted octanol–water partition coefficient (Wildman–Crippen LogP) is -1.93. The molecular formula is H6CaMgO3SiZn. The SMILES string of the molecule is O=[Si](O)O.[Ca+2].[H-].[H-].[H-].[H-].[Mg+2].[Zn]. The number of hydrogen-bond acceptors (Lipinski definition) is 1. The Morgan fingerprint density at radius 2 is 1.43 bits per heavy atom. The minimum absolute atomic E-state index is 0. The van der Waals surface area contributed by atoms with E-state index in [0.29, 0.717) is 0 Å². The molecule has 0 saturated carbocycles. The van der Waals surface area contributed by atoms with Crippen LogP contribution in [0.4, 0.5) is 0 Å². The predicted molar refractivity (Wildman–Crippen MR) is 26.8 cm³/mol. The Morgan fingerprint density at radius 3 is 1.43 bits per heavy atom. The molecule has 0 spiro atoms. The molecule has 34 valence electrons.